The second-order valence-corrected chi connectivity index (χ2v) is 4.55. The lowest BCUT2D eigenvalue weighted by molar-refractivity contribution is 0.301. The number of benzene rings is 1. The van der Waals surface area contributed by atoms with Crippen molar-refractivity contribution in [3.63, 3.8) is 0 Å². The minimum Gasteiger partial charge on any atom is -0.493 e. The summed E-state index contributed by atoms with van der Waals surface area (Å²) in [5.74, 6) is 0.944. The minimum atomic E-state index is 0.0577. The maximum Gasteiger partial charge on any atom is 0.250 e. The molecular formula is C16H19NO2. The Hall–Kier alpha value is -2.03. The molecule has 2 rings (SSSR count). The van der Waals surface area contributed by atoms with Crippen molar-refractivity contribution in [2.24, 2.45) is 0 Å². The molecule has 0 fully saturated rings. The molecule has 3 heteroatoms. The van der Waals surface area contributed by atoms with E-state index >= 15 is 0 Å². The Morgan fingerprint density at radius 1 is 1.05 bits per heavy atom. The molecule has 0 saturated carbocycles. The van der Waals surface area contributed by atoms with Crippen molar-refractivity contribution in [3.8, 4) is 5.75 Å². The van der Waals surface area contributed by atoms with Crippen LogP contribution in [-0.4, -0.2) is 11.2 Å². The van der Waals surface area contributed by atoms with Gasteiger partial charge in [-0.2, -0.15) is 0 Å². The van der Waals surface area contributed by atoms with E-state index in [1.165, 1.54) is 0 Å². The summed E-state index contributed by atoms with van der Waals surface area (Å²) >= 11 is 0. The van der Waals surface area contributed by atoms with Crippen LogP contribution in [0.25, 0.3) is 0 Å². The third-order valence-electron chi connectivity index (χ3n) is 3.04. The standard InChI is InChI=1S/C16H19NO2/c1-14-8-2-3-9-15(14)19-13-7-6-12-17-11-5-4-10-16(17)18/h2-5,8-11H,6-7,12-13H2,1H3. The number of nitrogens with zero attached hydrogens (tertiary/aromatic N) is 1. The van der Waals surface area contributed by atoms with E-state index in [9.17, 15) is 4.79 Å². The van der Waals surface area contributed by atoms with Crippen LogP contribution in [0.1, 0.15) is 18.4 Å². The maximum atomic E-state index is 11.5. The number of hydrogen-bond acceptors (Lipinski definition) is 2. The lowest BCUT2D eigenvalue weighted by Gasteiger charge is -2.09. The van der Waals surface area contributed by atoms with Gasteiger partial charge in [0.1, 0.15) is 5.75 Å². The van der Waals surface area contributed by atoms with E-state index in [4.69, 9.17) is 4.74 Å². The average Bonchev–Trinajstić information content (AvgIpc) is 2.42. The largest absolute Gasteiger partial charge is 0.493 e. The number of ether oxygens (including phenoxy) is 1. The lowest BCUT2D eigenvalue weighted by Crippen LogP contribution is -2.18. The molecule has 3 nitrogen and oxygen atoms in total. The molecule has 1 aromatic carbocycles. The van der Waals surface area contributed by atoms with E-state index in [1.54, 1.807) is 16.7 Å². The van der Waals surface area contributed by atoms with Crippen LogP contribution in [0.15, 0.2) is 53.5 Å². The van der Waals surface area contributed by atoms with Crippen molar-refractivity contribution in [2.75, 3.05) is 6.61 Å². The summed E-state index contributed by atoms with van der Waals surface area (Å²) in [5, 5.41) is 0. The Morgan fingerprint density at radius 2 is 1.84 bits per heavy atom. The number of para-hydroxylation sites is 1. The van der Waals surface area contributed by atoms with Crippen molar-refractivity contribution in [2.45, 2.75) is 26.3 Å². The van der Waals surface area contributed by atoms with Gasteiger partial charge in [0.25, 0.3) is 0 Å². The van der Waals surface area contributed by atoms with E-state index in [1.807, 2.05) is 43.5 Å². The summed E-state index contributed by atoms with van der Waals surface area (Å²) in [7, 11) is 0. The van der Waals surface area contributed by atoms with Crippen molar-refractivity contribution < 1.29 is 4.74 Å². The molecule has 0 amide bonds. The highest BCUT2D eigenvalue weighted by Gasteiger charge is 1.98. The number of aryl methyl sites for hydroxylation is 2. The van der Waals surface area contributed by atoms with E-state index in [2.05, 4.69) is 0 Å². The first-order valence-electron chi connectivity index (χ1n) is 6.61. The third kappa shape index (κ3) is 3.98. The van der Waals surface area contributed by atoms with Crippen LogP contribution in [0.5, 0.6) is 5.75 Å². The highest BCUT2D eigenvalue weighted by Crippen LogP contribution is 2.16. The number of unbranched alkanes of at least 4 members (excludes halogenated alkanes) is 1. The van der Waals surface area contributed by atoms with Gasteiger partial charge < -0.3 is 9.30 Å². The molecule has 19 heavy (non-hydrogen) atoms. The molecule has 0 aliphatic rings. The normalized spacial score (nSPS) is 10.4. The number of aromatic nitrogens is 1. The fourth-order valence-electron chi connectivity index (χ4n) is 1.93. The van der Waals surface area contributed by atoms with Gasteiger partial charge in [0, 0.05) is 18.8 Å². The predicted octanol–water partition coefficient (Wildman–Crippen LogP) is 3.02. The van der Waals surface area contributed by atoms with Gasteiger partial charge in [0.05, 0.1) is 6.61 Å². The van der Waals surface area contributed by atoms with Gasteiger partial charge in [-0.1, -0.05) is 24.3 Å². The predicted molar refractivity (Wildman–Crippen MR) is 76.6 cm³/mol. The molecule has 0 atom stereocenters. The zero-order chi connectivity index (χ0) is 13.5. The smallest absolute Gasteiger partial charge is 0.250 e. The monoisotopic (exact) mass is 257 g/mol. The van der Waals surface area contributed by atoms with Crippen LogP contribution in [0.2, 0.25) is 0 Å². The van der Waals surface area contributed by atoms with E-state index in [0.717, 1.165) is 30.7 Å². The van der Waals surface area contributed by atoms with Gasteiger partial charge in [-0.15, -0.1) is 0 Å². The van der Waals surface area contributed by atoms with Gasteiger partial charge >= 0.3 is 0 Å². The minimum absolute atomic E-state index is 0.0577. The van der Waals surface area contributed by atoms with Gasteiger partial charge in [-0.3, -0.25) is 4.79 Å². The Labute approximate surface area is 113 Å². The van der Waals surface area contributed by atoms with Crippen molar-refractivity contribution in [1.29, 1.82) is 0 Å². The Balaban J connectivity index is 1.72. The molecule has 1 aromatic heterocycles. The van der Waals surface area contributed by atoms with Crippen LogP contribution >= 0.6 is 0 Å². The Morgan fingerprint density at radius 3 is 2.63 bits per heavy atom. The fourth-order valence-corrected chi connectivity index (χ4v) is 1.93. The Kier molecular flexibility index (Phi) is 4.78. The summed E-state index contributed by atoms with van der Waals surface area (Å²) in [6.07, 6.45) is 3.70. The van der Waals surface area contributed by atoms with E-state index < -0.39 is 0 Å². The molecule has 1 heterocycles. The molecule has 0 N–H and O–H groups in total. The second-order valence-electron chi connectivity index (χ2n) is 4.55. The zero-order valence-corrected chi connectivity index (χ0v) is 11.2. The van der Waals surface area contributed by atoms with Crippen LogP contribution in [0.4, 0.5) is 0 Å². The molecular weight excluding hydrogens is 238 g/mol. The quantitative estimate of drug-likeness (QED) is 0.745. The summed E-state index contributed by atoms with van der Waals surface area (Å²) in [6.45, 7) is 3.47. The summed E-state index contributed by atoms with van der Waals surface area (Å²) in [5.41, 5.74) is 1.21. The highest BCUT2D eigenvalue weighted by molar-refractivity contribution is 5.31. The molecule has 0 saturated heterocycles. The highest BCUT2D eigenvalue weighted by atomic mass is 16.5. The molecule has 0 bridgehead atoms. The van der Waals surface area contributed by atoms with Crippen LogP contribution in [-0.2, 0) is 6.54 Å². The molecule has 2 aromatic rings. The average molecular weight is 257 g/mol. The lowest BCUT2D eigenvalue weighted by atomic mass is 10.2. The van der Waals surface area contributed by atoms with Crippen LogP contribution in [0, 0.1) is 6.92 Å². The topological polar surface area (TPSA) is 31.2 Å². The SMILES string of the molecule is Cc1ccccc1OCCCCn1ccccc1=O. The first kappa shape index (κ1) is 13.4. The second kappa shape index (κ2) is 6.78. The maximum absolute atomic E-state index is 11.5. The molecule has 100 valence electrons. The number of rotatable bonds is 6. The molecule has 0 spiro atoms. The molecule has 0 aliphatic heterocycles. The third-order valence-corrected chi connectivity index (χ3v) is 3.04. The Bertz CT molecular complexity index is 575. The summed E-state index contributed by atoms with van der Waals surface area (Å²) in [6, 6.07) is 13.2. The number of pyridine rings is 1. The molecule has 0 unspecified atom stereocenters. The van der Waals surface area contributed by atoms with Gasteiger partial charge in [0.15, 0.2) is 0 Å². The van der Waals surface area contributed by atoms with Gasteiger partial charge in [-0.05, 0) is 37.5 Å². The zero-order valence-electron chi connectivity index (χ0n) is 11.2. The van der Waals surface area contributed by atoms with Crippen LogP contribution in [0.3, 0.4) is 0 Å². The first-order chi connectivity index (χ1) is 9.27. The summed E-state index contributed by atoms with van der Waals surface area (Å²) in [4.78, 5) is 11.5. The van der Waals surface area contributed by atoms with Gasteiger partial charge in [-0.25, -0.2) is 0 Å². The van der Waals surface area contributed by atoms with Gasteiger partial charge in [0.2, 0.25) is 5.56 Å². The molecule has 0 aliphatic carbocycles. The van der Waals surface area contributed by atoms with Crippen molar-refractivity contribution >= 4 is 0 Å². The molecule has 0 radical (unpaired) electrons. The first-order valence-corrected chi connectivity index (χ1v) is 6.61. The van der Waals surface area contributed by atoms with E-state index in [-0.39, 0.29) is 5.56 Å². The number of hydrogen-bond donors (Lipinski definition) is 0. The van der Waals surface area contributed by atoms with Crippen molar-refractivity contribution in [3.05, 3.63) is 64.6 Å². The van der Waals surface area contributed by atoms with Crippen LogP contribution < -0.4 is 10.3 Å². The van der Waals surface area contributed by atoms with Crippen molar-refractivity contribution in [1.82, 2.24) is 4.57 Å². The summed E-state index contributed by atoms with van der Waals surface area (Å²) < 4.78 is 7.45. The fraction of sp³-hybridized carbons (Fsp3) is 0.312. The van der Waals surface area contributed by atoms with E-state index in [0.29, 0.717) is 6.61 Å².